The number of hydrogen-bond donors (Lipinski definition) is 1. The summed E-state index contributed by atoms with van der Waals surface area (Å²) in [5.74, 6) is 0. The van der Waals surface area contributed by atoms with E-state index in [1.165, 1.54) is 34.6 Å². The van der Waals surface area contributed by atoms with Crippen LogP contribution in [0.15, 0.2) is 72.5 Å². The first-order valence-corrected chi connectivity index (χ1v) is 12.0. The quantitative estimate of drug-likeness (QED) is 0.455. The van der Waals surface area contributed by atoms with Crippen LogP contribution in [0.5, 0.6) is 0 Å². The van der Waals surface area contributed by atoms with E-state index in [2.05, 4.69) is 119 Å². The molecule has 31 heavy (non-hydrogen) atoms. The van der Waals surface area contributed by atoms with Crippen LogP contribution in [0, 0.1) is 0 Å². The van der Waals surface area contributed by atoms with Crippen LogP contribution in [0.1, 0.15) is 71.9 Å². The number of anilines is 1. The van der Waals surface area contributed by atoms with Crippen LogP contribution in [0.2, 0.25) is 0 Å². The molecule has 0 saturated heterocycles. The number of benzene rings is 2. The van der Waals surface area contributed by atoms with Gasteiger partial charge in [0.05, 0.1) is 6.54 Å². The Morgan fingerprint density at radius 1 is 0.968 bits per heavy atom. The third-order valence-corrected chi connectivity index (χ3v) is 6.61. The predicted octanol–water partition coefficient (Wildman–Crippen LogP) is 6.61. The molecule has 2 N–H and O–H groups in total. The molecule has 3 rings (SSSR count). The summed E-state index contributed by atoms with van der Waals surface area (Å²) < 4.78 is 0. The van der Waals surface area contributed by atoms with Gasteiger partial charge in [-0.3, -0.25) is 0 Å². The van der Waals surface area contributed by atoms with E-state index in [0.29, 0.717) is 0 Å². The highest BCUT2D eigenvalue weighted by Gasteiger charge is 2.39. The fourth-order valence-electron chi connectivity index (χ4n) is 4.83. The molecule has 1 heterocycles. The van der Waals surface area contributed by atoms with Crippen molar-refractivity contribution in [2.24, 2.45) is 0 Å². The second-order valence-electron chi connectivity index (χ2n) is 9.94. The van der Waals surface area contributed by atoms with E-state index < -0.39 is 0 Å². The van der Waals surface area contributed by atoms with E-state index in [1.54, 1.807) is 0 Å². The second-order valence-corrected chi connectivity index (χ2v) is 9.94. The van der Waals surface area contributed by atoms with Crippen LogP contribution >= 0.6 is 0 Å². The Balaban J connectivity index is 1.81. The van der Waals surface area contributed by atoms with Crippen LogP contribution in [0.4, 0.5) is 11.4 Å². The molecule has 2 aromatic rings. The average molecular weight is 418 g/mol. The molecule has 0 amide bonds. The normalized spacial score (nSPS) is 17.0. The summed E-state index contributed by atoms with van der Waals surface area (Å²) in [7, 11) is 0. The summed E-state index contributed by atoms with van der Waals surface area (Å²) in [6.45, 7) is 16.1. The number of rotatable bonds is 9. The van der Waals surface area contributed by atoms with Crippen molar-refractivity contribution in [3.05, 3.63) is 83.6 Å². The molecular formula is C29H41N2+. The lowest BCUT2D eigenvalue weighted by molar-refractivity contribution is -0.572. The second kappa shape index (κ2) is 9.87. The lowest BCUT2D eigenvalue weighted by Gasteiger charge is -2.27. The average Bonchev–Trinajstić information content (AvgIpc) is 2.97. The molecule has 0 unspecified atom stereocenters. The Labute approximate surface area is 190 Å². The molecule has 2 aromatic carbocycles. The van der Waals surface area contributed by atoms with Crippen molar-refractivity contribution < 1.29 is 5.32 Å². The van der Waals surface area contributed by atoms with Crippen LogP contribution in [-0.4, -0.2) is 13.1 Å². The Bertz CT molecular complexity index is 933. The van der Waals surface area contributed by atoms with Crippen molar-refractivity contribution in [1.82, 2.24) is 0 Å². The van der Waals surface area contributed by atoms with Gasteiger partial charge in [-0.25, -0.2) is 0 Å². The van der Waals surface area contributed by atoms with Crippen LogP contribution in [-0.2, 0) is 10.8 Å². The van der Waals surface area contributed by atoms with Crippen molar-refractivity contribution in [2.45, 2.75) is 71.6 Å². The van der Waals surface area contributed by atoms with Crippen molar-refractivity contribution in [2.75, 3.05) is 18.0 Å². The molecule has 2 nitrogen and oxygen atoms in total. The van der Waals surface area contributed by atoms with Crippen molar-refractivity contribution in [1.29, 1.82) is 0 Å². The molecule has 2 heteroatoms. The first kappa shape index (κ1) is 23.3. The highest BCUT2D eigenvalue weighted by molar-refractivity contribution is 5.70. The van der Waals surface area contributed by atoms with Gasteiger partial charge in [0.25, 0.3) is 0 Å². The van der Waals surface area contributed by atoms with E-state index in [4.69, 9.17) is 0 Å². The van der Waals surface area contributed by atoms with E-state index in [0.717, 1.165) is 25.9 Å². The van der Waals surface area contributed by atoms with E-state index in [1.807, 2.05) is 0 Å². The maximum atomic E-state index is 2.51. The largest absolute Gasteiger partial charge is 0.344 e. The molecule has 0 saturated carbocycles. The topological polar surface area (TPSA) is 19.9 Å². The maximum absolute atomic E-state index is 2.51. The Hall–Kier alpha value is -2.32. The zero-order valence-corrected chi connectivity index (χ0v) is 20.4. The van der Waals surface area contributed by atoms with E-state index in [-0.39, 0.29) is 10.8 Å². The third-order valence-electron chi connectivity index (χ3n) is 6.61. The molecule has 0 atom stereocenters. The van der Waals surface area contributed by atoms with Gasteiger partial charge in [-0.1, -0.05) is 90.1 Å². The number of quaternary nitrogens is 1. The zero-order valence-electron chi connectivity index (χ0n) is 20.4. The van der Waals surface area contributed by atoms with Crippen molar-refractivity contribution in [3.63, 3.8) is 0 Å². The molecule has 0 fully saturated rings. The van der Waals surface area contributed by atoms with Gasteiger partial charge >= 0.3 is 0 Å². The number of fused-ring (bicyclic) bond motifs is 1. The maximum Gasteiger partial charge on any atom is 0.133 e. The first-order valence-electron chi connectivity index (χ1n) is 12.0. The monoisotopic (exact) mass is 417 g/mol. The minimum Gasteiger partial charge on any atom is -0.344 e. The van der Waals surface area contributed by atoms with Crippen LogP contribution in [0.25, 0.3) is 0 Å². The highest BCUT2D eigenvalue weighted by Crippen LogP contribution is 2.47. The molecule has 166 valence electrons. The van der Waals surface area contributed by atoms with Crippen LogP contribution in [0.3, 0.4) is 0 Å². The van der Waals surface area contributed by atoms with Crippen molar-refractivity contribution in [3.8, 4) is 0 Å². The Morgan fingerprint density at radius 3 is 2.42 bits per heavy atom. The van der Waals surface area contributed by atoms with E-state index in [9.17, 15) is 0 Å². The Kier molecular flexibility index (Phi) is 7.43. The van der Waals surface area contributed by atoms with Gasteiger partial charge in [0, 0.05) is 28.9 Å². The van der Waals surface area contributed by atoms with Crippen molar-refractivity contribution >= 4 is 11.4 Å². The van der Waals surface area contributed by atoms with Gasteiger partial charge in [-0.15, -0.1) is 0 Å². The first-order chi connectivity index (χ1) is 14.8. The van der Waals surface area contributed by atoms with Gasteiger partial charge < -0.3 is 10.2 Å². The summed E-state index contributed by atoms with van der Waals surface area (Å²) in [5, 5.41) is 2.39. The summed E-state index contributed by atoms with van der Waals surface area (Å²) in [5.41, 5.74) is 7.19. The molecule has 1 aliphatic heterocycles. The molecule has 0 aromatic heterocycles. The molecular weight excluding hydrogens is 376 g/mol. The molecule has 0 bridgehead atoms. The summed E-state index contributed by atoms with van der Waals surface area (Å²) in [4.78, 5) is 2.51. The third kappa shape index (κ3) is 4.96. The Morgan fingerprint density at radius 2 is 1.68 bits per heavy atom. The summed E-state index contributed by atoms with van der Waals surface area (Å²) >= 11 is 0. The molecule has 0 aliphatic carbocycles. The number of allylic oxidation sites excluding steroid dienone is 4. The fraction of sp³-hybridized carbons (Fsp3) is 0.448. The fourth-order valence-corrected chi connectivity index (χ4v) is 4.83. The minimum absolute atomic E-state index is 0.0351. The molecule has 1 aliphatic rings. The van der Waals surface area contributed by atoms with E-state index >= 15 is 0 Å². The van der Waals surface area contributed by atoms with Gasteiger partial charge in [0.15, 0.2) is 0 Å². The summed E-state index contributed by atoms with van der Waals surface area (Å²) in [6.07, 6.45) is 10.3. The smallest absolute Gasteiger partial charge is 0.133 e. The number of para-hydroxylation sites is 2. The van der Waals surface area contributed by atoms with Gasteiger partial charge in [-0.2, -0.15) is 0 Å². The number of nitrogens with two attached hydrogens (primary N) is 1. The molecule has 0 spiro atoms. The zero-order chi connectivity index (χ0) is 22.5. The summed E-state index contributed by atoms with van der Waals surface area (Å²) in [6, 6.07) is 17.8. The highest BCUT2D eigenvalue weighted by atomic mass is 15.2. The lowest BCUT2D eigenvalue weighted by atomic mass is 9.80. The van der Waals surface area contributed by atoms with Gasteiger partial charge in [0.1, 0.15) is 5.69 Å². The van der Waals surface area contributed by atoms with Gasteiger partial charge in [-0.05, 0) is 48.4 Å². The number of hydrogen-bond acceptors (Lipinski definition) is 1. The predicted molar refractivity (Wildman–Crippen MR) is 135 cm³/mol. The standard InChI is InChI=1S/C29H40N2/c1-7-21-30-25-17-11-9-15-23(25)28(3,4)20-14-13-19-27-29(5,6)24-16-10-12-18-26(24)31(27)22-8-2/h9-19,30H,7-8,20-22H2,1-6H3/p+1/b14-13+,27-19+. The van der Waals surface area contributed by atoms with Gasteiger partial charge in [0.2, 0.25) is 0 Å². The van der Waals surface area contributed by atoms with Crippen LogP contribution < -0.4 is 10.2 Å². The minimum atomic E-state index is 0.0351. The SMILES string of the molecule is CCC[NH2+]c1ccccc1C(C)(C)C/C=C/C=C1/N(CCC)c2ccccc2C1(C)C. The molecule has 0 radical (unpaired) electrons. The number of nitrogens with zero attached hydrogens (tertiary/aromatic N) is 1. The lowest BCUT2D eigenvalue weighted by Crippen LogP contribution is -2.78.